The molecule has 0 radical (unpaired) electrons. The lowest BCUT2D eigenvalue weighted by Crippen LogP contribution is -2.11. The Morgan fingerprint density at radius 1 is 0.966 bits per heavy atom. The Labute approximate surface area is 171 Å². The molecule has 1 aromatic heterocycles. The first-order chi connectivity index (χ1) is 14.1. The molecule has 0 spiro atoms. The van der Waals surface area contributed by atoms with Crippen LogP contribution in [0.3, 0.4) is 0 Å². The number of carbonyl (C=O) groups is 1. The number of carbonyl (C=O) groups excluding carboxylic acids is 1. The number of unbranched alkanes of at least 4 members (excludes halogenated alkanes) is 2. The molecule has 0 atom stereocenters. The Morgan fingerprint density at radius 2 is 1.72 bits per heavy atom. The zero-order valence-corrected chi connectivity index (χ0v) is 17.0. The fraction of sp³-hybridized carbons (Fsp3) is 0.280. The van der Waals surface area contributed by atoms with E-state index >= 15 is 0 Å². The van der Waals surface area contributed by atoms with Gasteiger partial charge in [-0.15, -0.1) is 0 Å². The van der Waals surface area contributed by atoms with Crippen LogP contribution < -0.4 is 4.74 Å². The molecule has 0 fully saturated rings. The molecule has 29 heavy (non-hydrogen) atoms. The summed E-state index contributed by atoms with van der Waals surface area (Å²) in [6.45, 7) is 4.13. The van der Waals surface area contributed by atoms with Crippen molar-refractivity contribution in [3.8, 4) is 17.0 Å². The SMILES string of the molecule is CCCCCc1ccc(-c2ccc(OC(=O)c3ccc(CC)cc3F)cc2)nc1. The molecule has 3 nitrogen and oxygen atoms in total. The molecule has 0 N–H and O–H groups in total. The minimum absolute atomic E-state index is 0.0633. The molecule has 0 bridgehead atoms. The summed E-state index contributed by atoms with van der Waals surface area (Å²) in [5.41, 5.74) is 3.81. The van der Waals surface area contributed by atoms with Crippen LogP contribution in [0.15, 0.2) is 60.8 Å². The molecule has 1 heterocycles. The predicted molar refractivity (Wildman–Crippen MR) is 114 cm³/mol. The molecule has 0 unspecified atom stereocenters. The predicted octanol–water partition coefficient (Wildman–Crippen LogP) is 6.40. The van der Waals surface area contributed by atoms with Crippen LogP contribution in [0.1, 0.15) is 54.6 Å². The van der Waals surface area contributed by atoms with E-state index in [1.54, 1.807) is 18.2 Å². The van der Waals surface area contributed by atoms with Gasteiger partial charge in [0.15, 0.2) is 0 Å². The van der Waals surface area contributed by atoms with Gasteiger partial charge < -0.3 is 4.74 Å². The molecule has 0 saturated heterocycles. The number of hydrogen-bond acceptors (Lipinski definition) is 3. The number of rotatable bonds is 8. The van der Waals surface area contributed by atoms with Crippen molar-refractivity contribution in [2.75, 3.05) is 0 Å². The van der Waals surface area contributed by atoms with Gasteiger partial charge in [-0.05, 0) is 72.9 Å². The van der Waals surface area contributed by atoms with E-state index in [1.807, 2.05) is 31.3 Å². The van der Waals surface area contributed by atoms with Gasteiger partial charge >= 0.3 is 5.97 Å². The number of nitrogens with zero attached hydrogens (tertiary/aromatic N) is 1. The molecular formula is C25H26FNO2. The Kier molecular flexibility index (Phi) is 7.12. The summed E-state index contributed by atoms with van der Waals surface area (Å²) in [6, 6.07) is 15.8. The van der Waals surface area contributed by atoms with Crippen LogP contribution >= 0.6 is 0 Å². The molecule has 150 valence electrons. The van der Waals surface area contributed by atoms with Gasteiger partial charge in [0.25, 0.3) is 0 Å². The molecule has 2 aromatic carbocycles. The van der Waals surface area contributed by atoms with Gasteiger partial charge in [0, 0.05) is 11.8 Å². The highest BCUT2D eigenvalue weighted by molar-refractivity contribution is 5.91. The molecule has 0 amide bonds. The fourth-order valence-electron chi connectivity index (χ4n) is 3.12. The Morgan fingerprint density at radius 3 is 2.34 bits per heavy atom. The summed E-state index contributed by atoms with van der Waals surface area (Å²) in [7, 11) is 0. The standard InChI is InChI=1S/C25H26FNO2/c1-3-5-6-7-19-9-15-24(27-17-19)20-10-12-21(13-11-20)29-25(28)22-14-8-18(4-2)16-23(22)26/h8-17H,3-7H2,1-2H3. The molecule has 3 rings (SSSR count). The third-order valence-electron chi connectivity index (χ3n) is 4.92. The molecule has 0 aliphatic heterocycles. The fourth-order valence-corrected chi connectivity index (χ4v) is 3.12. The van der Waals surface area contributed by atoms with Crippen molar-refractivity contribution in [1.29, 1.82) is 0 Å². The van der Waals surface area contributed by atoms with E-state index in [0.717, 1.165) is 23.2 Å². The summed E-state index contributed by atoms with van der Waals surface area (Å²) < 4.78 is 19.4. The van der Waals surface area contributed by atoms with E-state index in [-0.39, 0.29) is 5.56 Å². The van der Waals surface area contributed by atoms with Gasteiger partial charge in [0.1, 0.15) is 11.6 Å². The Bertz CT molecular complexity index is 950. The van der Waals surface area contributed by atoms with E-state index in [0.29, 0.717) is 12.2 Å². The van der Waals surface area contributed by atoms with Crippen molar-refractivity contribution in [2.45, 2.75) is 46.0 Å². The van der Waals surface area contributed by atoms with Crippen molar-refractivity contribution in [3.05, 3.63) is 83.3 Å². The average Bonchev–Trinajstić information content (AvgIpc) is 2.75. The van der Waals surface area contributed by atoms with Crippen LogP contribution in [-0.2, 0) is 12.8 Å². The zero-order chi connectivity index (χ0) is 20.6. The van der Waals surface area contributed by atoms with Gasteiger partial charge in [0.2, 0.25) is 0 Å². The molecule has 0 saturated carbocycles. The van der Waals surface area contributed by atoms with Gasteiger partial charge in [0.05, 0.1) is 11.3 Å². The van der Waals surface area contributed by atoms with Crippen molar-refractivity contribution in [3.63, 3.8) is 0 Å². The van der Waals surface area contributed by atoms with Crippen molar-refractivity contribution < 1.29 is 13.9 Å². The number of halogens is 1. The maximum Gasteiger partial charge on any atom is 0.346 e. The van der Waals surface area contributed by atoms with Crippen LogP contribution in [0.4, 0.5) is 4.39 Å². The third kappa shape index (κ3) is 5.50. The summed E-state index contributed by atoms with van der Waals surface area (Å²) in [5.74, 6) is -0.893. The van der Waals surface area contributed by atoms with Crippen molar-refractivity contribution in [1.82, 2.24) is 4.98 Å². The largest absolute Gasteiger partial charge is 0.423 e. The quantitative estimate of drug-likeness (QED) is 0.253. The number of pyridine rings is 1. The summed E-state index contributed by atoms with van der Waals surface area (Å²) >= 11 is 0. The van der Waals surface area contributed by atoms with E-state index in [1.165, 1.54) is 37.0 Å². The highest BCUT2D eigenvalue weighted by atomic mass is 19.1. The molecule has 3 aromatic rings. The minimum Gasteiger partial charge on any atom is -0.423 e. The highest BCUT2D eigenvalue weighted by Gasteiger charge is 2.14. The number of aromatic nitrogens is 1. The van der Waals surface area contributed by atoms with Crippen molar-refractivity contribution in [2.24, 2.45) is 0 Å². The summed E-state index contributed by atoms with van der Waals surface area (Å²) in [6.07, 6.45) is 7.29. The lowest BCUT2D eigenvalue weighted by molar-refractivity contribution is 0.0730. The highest BCUT2D eigenvalue weighted by Crippen LogP contribution is 2.22. The third-order valence-corrected chi connectivity index (χ3v) is 4.92. The maximum atomic E-state index is 14.1. The summed E-state index contributed by atoms with van der Waals surface area (Å²) in [4.78, 5) is 16.8. The number of aryl methyl sites for hydroxylation is 2. The smallest absolute Gasteiger partial charge is 0.346 e. The second-order valence-electron chi connectivity index (χ2n) is 7.09. The van der Waals surface area contributed by atoms with E-state index in [2.05, 4.69) is 18.0 Å². The lowest BCUT2D eigenvalue weighted by atomic mass is 10.1. The Balaban J connectivity index is 1.65. The maximum absolute atomic E-state index is 14.1. The number of ether oxygens (including phenoxy) is 1. The molecule has 4 heteroatoms. The van der Waals surface area contributed by atoms with Gasteiger partial charge in [-0.2, -0.15) is 0 Å². The van der Waals surface area contributed by atoms with E-state index in [9.17, 15) is 9.18 Å². The Hall–Kier alpha value is -3.01. The van der Waals surface area contributed by atoms with E-state index < -0.39 is 11.8 Å². The van der Waals surface area contributed by atoms with Gasteiger partial charge in [-0.3, -0.25) is 4.98 Å². The number of benzene rings is 2. The van der Waals surface area contributed by atoms with Crippen LogP contribution in [-0.4, -0.2) is 11.0 Å². The second-order valence-corrected chi connectivity index (χ2v) is 7.09. The number of esters is 1. The molecular weight excluding hydrogens is 365 g/mol. The first-order valence-corrected chi connectivity index (χ1v) is 10.2. The first kappa shape index (κ1) is 20.7. The van der Waals surface area contributed by atoms with Gasteiger partial charge in [-0.1, -0.05) is 38.8 Å². The first-order valence-electron chi connectivity index (χ1n) is 10.2. The molecule has 0 aliphatic carbocycles. The lowest BCUT2D eigenvalue weighted by Gasteiger charge is -2.08. The monoisotopic (exact) mass is 391 g/mol. The zero-order valence-electron chi connectivity index (χ0n) is 17.0. The van der Waals surface area contributed by atoms with Crippen molar-refractivity contribution >= 4 is 5.97 Å². The summed E-state index contributed by atoms with van der Waals surface area (Å²) in [5, 5.41) is 0. The topological polar surface area (TPSA) is 39.2 Å². The van der Waals surface area contributed by atoms with Crippen LogP contribution in [0.2, 0.25) is 0 Å². The van der Waals surface area contributed by atoms with Gasteiger partial charge in [-0.25, -0.2) is 9.18 Å². The molecule has 0 aliphatic rings. The average molecular weight is 391 g/mol. The number of hydrogen-bond donors (Lipinski definition) is 0. The normalized spacial score (nSPS) is 10.7. The van der Waals surface area contributed by atoms with Crippen LogP contribution in [0.25, 0.3) is 11.3 Å². The minimum atomic E-state index is -0.701. The van der Waals surface area contributed by atoms with E-state index in [4.69, 9.17) is 4.74 Å². The van der Waals surface area contributed by atoms with Crippen LogP contribution in [0.5, 0.6) is 5.75 Å². The second kappa shape index (κ2) is 9.97. The van der Waals surface area contributed by atoms with Crippen LogP contribution in [0, 0.1) is 5.82 Å².